The topological polar surface area (TPSA) is 83.8 Å². The summed E-state index contributed by atoms with van der Waals surface area (Å²) in [5.41, 5.74) is 2.00. The zero-order chi connectivity index (χ0) is 19.3. The number of hydrogen-bond donors (Lipinski definition) is 1. The number of nitrogens with zero attached hydrogens (tertiary/aromatic N) is 2. The van der Waals surface area contributed by atoms with Crippen molar-refractivity contribution in [1.29, 1.82) is 0 Å². The van der Waals surface area contributed by atoms with Gasteiger partial charge in [-0.25, -0.2) is 9.48 Å². The quantitative estimate of drug-likeness (QED) is 0.728. The zero-order valence-corrected chi connectivity index (χ0v) is 16.0. The van der Waals surface area contributed by atoms with Crippen molar-refractivity contribution in [3.05, 3.63) is 35.7 Å². The Morgan fingerprint density at radius 1 is 1.29 bits per heavy atom. The molecule has 8 heteroatoms. The molecule has 2 aliphatic rings. The second-order valence-electron chi connectivity index (χ2n) is 6.73. The lowest BCUT2D eigenvalue weighted by atomic mass is 10.2. The van der Waals surface area contributed by atoms with Crippen LogP contribution < -0.4 is 14.8 Å². The van der Waals surface area contributed by atoms with Crippen LogP contribution >= 0.6 is 0 Å². The predicted octanol–water partition coefficient (Wildman–Crippen LogP) is 2.09. The Morgan fingerprint density at radius 3 is 2.93 bits per heavy atom. The van der Waals surface area contributed by atoms with E-state index in [1.807, 2.05) is 18.2 Å². The molecule has 0 radical (unpaired) electrons. The molecule has 1 aromatic heterocycles. The van der Waals surface area contributed by atoms with E-state index in [2.05, 4.69) is 10.4 Å². The van der Waals surface area contributed by atoms with E-state index >= 15 is 0 Å². The van der Waals surface area contributed by atoms with E-state index in [-0.39, 0.29) is 12.1 Å². The highest BCUT2D eigenvalue weighted by Gasteiger charge is 2.22. The van der Waals surface area contributed by atoms with Gasteiger partial charge in [-0.1, -0.05) is 0 Å². The first-order valence-corrected chi connectivity index (χ1v) is 9.72. The summed E-state index contributed by atoms with van der Waals surface area (Å²) in [6, 6.07) is 5.64. The second-order valence-corrected chi connectivity index (χ2v) is 6.73. The lowest BCUT2D eigenvalue weighted by Crippen LogP contribution is -2.27. The van der Waals surface area contributed by atoms with Gasteiger partial charge in [0.25, 0.3) is 0 Å². The third-order valence-corrected chi connectivity index (χ3v) is 4.82. The van der Waals surface area contributed by atoms with Gasteiger partial charge >= 0.3 is 5.97 Å². The van der Waals surface area contributed by atoms with Crippen molar-refractivity contribution in [3.8, 4) is 17.2 Å². The Bertz CT molecular complexity index is 829. The van der Waals surface area contributed by atoms with Crippen LogP contribution in [0.15, 0.2) is 24.4 Å². The van der Waals surface area contributed by atoms with Crippen LogP contribution in [0, 0.1) is 0 Å². The molecule has 0 unspecified atom stereocenters. The van der Waals surface area contributed by atoms with Gasteiger partial charge in [0.1, 0.15) is 18.8 Å². The second kappa shape index (κ2) is 8.62. The van der Waals surface area contributed by atoms with E-state index in [0.717, 1.165) is 37.4 Å². The van der Waals surface area contributed by atoms with E-state index in [1.165, 1.54) is 0 Å². The Labute approximate surface area is 163 Å². The molecule has 4 rings (SSSR count). The largest absolute Gasteiger partial charge is 0.486 e. The third kappa shape index (κ3) is 3.98. The van der Waals surface area contributed by atoms with Crippen LogP contribution in [-0.4, -0.2) is 54.8 Å². The van der Waals surface area contributed by atoms with Crippen LogP contribution in [0.3, 0.4) is 0 Å². The van der Waals surface area contributed by atoms with Gasteiger partial charge in [-0.05, 0) is 31.9 Å². The molecule has 1 aromatic carbocycles. The fraction of sp³-hybridized carbons (Fsp3) is 0.500. The normalized spacial score (nSPS) is 18.2. The molecule has 2 aliphatic heterocycles. The highest BCUT2D eigenvalue weighted by atomic mass is 16.6. The van der Waals surface area contributed by atoms with E-state index in [4.69, 9.17) is 18.9 Å². The number of fused-ring (bicyclic) bond motifs is 1. The SMILES string of the molecule is CCOC(=O)c1cnn(-c2ccc3c(c2)OCCO3)c1CNC[C@@H]1CCCO1. The average Bonchev–Trinajstić information content (AvgIpc) is 3.38. The first-order chi connectivity index (χ1) is 13.8. The first kappa shape index (κ1) is 18.8. The fourth-order valence-corrected chi connectivity index (χ4v) is 3.47. The molecule has 8 nitrogen and oxygen atoms in total. The Kier molecular flexibility index (Phi) is 5.78. The van der Waals surface area contributed by atoms with Crippen molar-refractivity contribution < 1.29 is 23.7 Å². The average molecular weight is 387 g/mol. The molecule has 3 heterocycles. The Balaban J connectivity index is 1.59. The number of carbonyl (C=O) groups is 1. The maximum Gasteiger partial charge on any atom is 0.341 e. The molecule has 1 fully saturated rings. The van der Waals surface area contributed by atoms with E-state index in [0.29, 0.717) is 43.4 Å². The van der Waals surface area contributed by atoms with Gasteiger partial charge in [-0.3, -0.25) is 0 Å². The Morgan fingerprint density at radius 2 is 2.14 bits per heavy atom. The number of benzene rings is 1. The van der Waals surface area contributed by atoms with Gasteiger partial charge < -0.3 is 24.3 Å². The van der Waals surface area contributed by atoms with E-state index in [1.54, 1.807) is 17.8 Å². The smallest absolute Gasteiger partial charge is 0.341 e. The molecule has 0 bridgehead atoms. The number of esters is 1. The van der Waals surface area contributed by atoms with Crippen LogP contribution in [0.2, 0.25) is 0 Å². The van der Waals surface area contributed by atoms with Gasteiger partial charge in [0.2, 0.25) is 0 Å². The number of carbonyl (C=O) groups excluding carboxylic acids is 1. The summed E-state index contributed by atoms with van der Waals surface area (Å²) < 4.78 is 23.9. The third-order valence-electron chi connectivity index (χ3n) is 4.82. The molecule has 150 valence electrons. The molecule has 0 spiro atoms. The van der Waals surface area contributed by atoms with Gasteiger partial charge in [0, 0.05) is 25.8 Å². The van der Waals surface area contributed by atoms with Gasteiger partial charge in [0.05, 0.1) is 30.3 Å². The van der Waals surface area contributed by atoms with Crippen molar-refractivity contribution in [2.24, 2.45) is 0 Å². The minimum Gasteiger partial charge on any atom is -0.486 e. The maximum absolute atomic E-state index is 12.4. The molecule has 0 aliphatic carbocycles. The molecule has 1 saturated heterocycles. The van der Waals surface area contributed by atoms with Crippen LogP contribution in [0.25, 0.3) is 5.69 Å². The first-order valence-electron chi connectivity index (χ1n) is 9.72. The van der Waals surface area contributed by atoms with Crippen molar-refractivity contribution in [2.75, 3.05) is 33.0 Å². The summed E-state index contributed by atoms with van der Waals surface area (Å²) in [7, 11) is 0. The summed E-state index contributed by atoms with van der Waals surface area (Å²) in [4.78, 5) is 12.4. The molecular weight excluding hydrogens is 362 g/mol. The van der Waals surface area contributed by atoms with Gasteiger partial charge in [0.15, 0.2) is 11.5 Å². The number of hydrogen-bond acceptors (Lipinski definition) is 7. The van der Waals surface area contributed by atoms with Crippen molar-refractivity contribution in [3.63, 3.8) is 0 Å². The highest BCUT2D eigenvalue weighted by Crippen LogP contribution is 2.32. The number of aromatic nitrogens is 2. The zero-order valence-electron chi connectivity index (χ0n) is 16.0. The standard InChI is InChI=1S/C20H25N3O5/c1-2-25-20(24)16-12-22-23(17(16)13-21-11-15-4-3-7-26-15)14-5-6-18-19(10-14)28-9-8-27-18/h5-6,10,12,15,21H,2-4,7-9,11,13H2,1H3/t15-/m0/s1. The van der Waals surface area contributed by atoms with Gasteiger partial charge in [-0.15, -0.1) is 0 Å². The summed E-state index contributed by atoms with van der Waals surface area (Å²) in [6.45, 7) is 5.18. The van der Waals surface area contributed by atoms with E-state index < -0.39 is 0 Å². The summed E-state index contributed by atoms with van der Waals surface area (Å²) in [5, 5.41) is 7.83. The maximum atomic E-state index is 12.4. The predicted molar refractivity (Wildman–Crippen MR) is 101 cm³/mol. The van der Waals surface area contributed by atoms with Crippen LogP contribution in [-0.2, 0) is 16.0 Å². The fourth-order valence-electron chi connectivity index (χ4n) is 3.47. The molecule has 1 N–H and O–H groups in total. The number of ether oxygens (including phenoxy) is 4. The van der Waals surface area contributed by atoms with Crippen molar-refractivity contribution in [1.82, 2.24) is 15.1 Å². The summed E-state index contributed by atoms with van der Waals surface area (Å²) in [5.74, 6) is 1.02. The van der Waals surface area contributed by atoms with Crippen molar-refractivity contribution >= 4 is 5.97 Å². The number of nitrogens with one attached hydrogen (secondary N) is 1. The number of rotatable bonds is 7. The van der Waals surface area contributed by atoms with Crippen LogP contribution in [0.4, 0.5) is 0 Å². The van der Waals surface area contributed by atoms with E-state index in [9.17, 15) is 4.79 Å². The summed E-state index contributed by atoms with van der Waals surface area (Å²) in [6.07, 6.45) is 3.92. The minimum absolute atomic E-state index is 0.219. The lowest BCUT2D eigenvalue weighted by molar-refractivity contribution is 0.0524. The molecule has 0 amide bonds. The molecular formula is C20H25N3O5. The highest BCUT2D eigenvalue weighted by molar-refractivity contribution is 5.90. The van der Waals surface area contributed by atoms with Gasteiger partial charge in [-0.2, -0.15) is 5.10 Å². The minimum atomic E-state index is -0.375. The summed E-state index contributed by atoms with van der Waals surface area (Å²) >= 11 is 0. The van der Waals surface area contributed by atoms with Crippen LogP contribution in [0.1, 0.15) is 35.8 Å². The lowest BCUT2D eigenvalue weighted by Gasteiger charge is -2.19. The molecule has 2 aromatic rings. The monoisotopic (exact) mass is 387 g/mol. The van der Waals surface area contributed by atoms with Crippen LogP contribution in [0.5, 0.6) is 11.5 Å². The Hall–Kier alpha value is -2.58. The van der Waals surface area contributed by atoms with Crippen molar-refractivity contribution in [2.45, 2.75) is 32.4 Å². The molecule has 0 saturated carbocycles. The molecule has 28 heavy (non-hydrogen) atoms. The molecule has 1 atom stereocenters.